The predicted molar refractivity (Wildman–Crippen MR) is 102 cm³/mol. The van der Waals surface area contributed by atoms with Crippen LogP contribution in [0.3, 0.4) is 0 Å². The summed E-state index contributed by atoms with van der Waals surface area (Å²) in [5.74, 6) is 2.08. The number of methoxy groups -OCH3 is 1. The van der Waals surface area contributed by atoms with E-state index in [9.17, 15) is 4.79 Å². The standard InChI is InChI=1S/C20H26N4O2/c1-15-5-4-10-24(13-15)20(25)18-12-19(23-14-22-18)21-9-8-16-6-3-7-17(11-16)26-2/h3,6-7,11-12,14-15H,4-5,8-10,13H2,1-2H3,(H,21,22,23). The third-order valence-corrected chi connectivity index (χ3v) is 4.68. The average molecular weight is 354 g/mol. The summed E-state index contributed by atoms with van der Waals surface area (Å²) in [6.07, 6.45) is 4.54. The minimum absolute atomic E-state index is 0.00482. The Balaban J connectivity index is 1.57. The fourth-order valence-corrected chi connectivity index (χ4v) is 3.27. The lowest BCUT2D eigenvalue weighted by Gasteiger charge is -2.30. The monoisotopic (exact) mass is 354 g/mol. The molecule has 1 unspecified atom stereocenters. The molecule has 1 fully saturated rings. The molecule has 6 heteroatoms. The molecule has 1 aliphatic heterocycles. The van der Waals surface area contributed by atoms with Gasteiger partial charge in [-0.05, 0) is 42.9 Å². The first-order chi connectivity index (χ1) is 12.7. The lowest BCUT2D eigenvalue weighted by Crippen LogP contribution is -2.39. The van der Waals surface area contributed by atoms with Gasteiger partial charge in [0.05, 0.1) is 7.11 Å². The van der Waals surface area contributed by atoms with Gasteiger partial charge in [0.1, 0.15) is 23.6 Å². The molecule has 1 saturated heterocycles. The van der Waals surface area contributed by atoms with Crippen molar-refractivity contribution < 1.29 is 9.53 Å². The van der Waals surface area contributed by atoms with E-state index >= 15 is 0 Å². The Hall–Kier alpha value is -2.63. The number of rotatable bonds is 6. The minimum atomic E-state index is -0.00482. The molecular weight excluding hydrogens is 328 g/mol. The molecule has 2 aromatic rings. The Morgan fingerprint density at radius 1 is 1.35 bits per heavy atom. The second-order valence-corrected chi connectivity index (χ2v) is 6.82. The zero-order chi connectivity index (χ0) is 18.4. The van der Waals surface area contributed by atoms with E-state index in [4.69, 9.17) is 4.74 Å². The number of nitrogens with one attached hydrogen (secondary N) is 1. The first-order valence-corrected chi connectivity index (χ1v) is 9.14. The topological polar surface area (TPSA) is 67.3 Å². The SMILES string of the molecule is COc1cccc(CCNc2cc(C(=O)N3CCCC(C)C3)ncn2)c1. The molecule has 0 bridgehead atoms. The molecule has 1 aromatic heterocycles. The summed E-state index contributed by atoms with van der Waals surface area (Å²) in [6, 6.07) is 9.74. The van der Waals surface area contributed by atoms with Crippen molar-refractivity contribution in [3.8, 4) is 5.75 Å². The predicted octanol–water partition coefficient (Wildman–Crippen LogP) is 3.01. The van der Waals surface area contributed by atoms with Crippen LogP contribution in [0.25, 0.3) is 0 Å². The van der Waals surface area contributed by atoms with Crippen LogP contribution >= 0.6 is 0 Å². The van der Waals surface area contributed by atoms with Crippen molar-refractivity contribution >= 4 is 11.7 Å². The number of amides is 1. The van der Waals surface area contributed by atoms with Crippen LogP contribution in [-0.2, 0) is 6.42 Å². The zero-order valence-corrected chi connectivity index (χ0v) is 15.4. The Kier molecular flexibility index (Phi) is 6.04. The molecule has 2 heterocycles. The lowest BCUT2D eigenvalue weighted by molar-refractivity contribution is 0.0677. The van der Waals surface area contributed by atoms with Crippen molar-refractivity contribution in [3.05, 3.63) is 47.9 Å². The molecule has 1 amide bonds. The molecule has 6 nitrogen and oxygen atoms in total. The van der Waals surface area contributed by atoms with E-state index in [2.05, 4.69) is 28.3 Å². The molecule has 138 valence electrons. The van der Waals surface area contributed by atoms with Crippen LogP contribution < -0.4 is 10.1 Å². The van der Waals surface area contributed by atoms with Gasteiger partial charge in [-0.15, -0.1) is 0 Å². The van der Waals surface area contributed by atoms with E-state index in [1.165, 1.54) is 18.3 Å². The molecule has 3 rings (SSSR count). The molecule has 0 saturated carbocycles. The highest BCUT2D eigenvalue weighted by Gasteiger charge is 2.23. The maximum atomic E-state index is 12.7. The molecule has 0 spiro atoms. The number of nitrogens with zero attached hydrogens (tertiary/aromatic N) is 3. The fourth-order valence-electron chi connectivity index (χ4n) is 3.27. The van der Waals surface area contributed by atoms with Gasteiger partial charge in [-0.25, -0.2) is 9.97 Å². The number of aromatic nitrogens is 2. The third kappa shape index (κ3) is 4.71. The van der Waals surface area contributed by atoms with Crippen LogP contribution in [0.4, 0.5) is 5.82 Å². The average Bonchev–Trinajstić information content (AvgIpc) is 2.68. The summed E-state index contributed by atoms with van der Waals surface area (Å²) in [4.78, 5) is 23.0. The first-order valence-electron chi connectivity index (χ1n) is 9.14. The van der Waals surface area contributed by atoms with Crippen LogP contribution in [0.5, 0.6) is 5.75 Å². The summed E-state index contributed by atoms with van der Waals surface area (Å²) >= 11 is 0. The van der Waals surface area contributed by atoms with Crippen LogP contribution in [0, 0.1) is 5.92 Å². The quantitative estimate of drug-likeness (QED) is 0.864. The number of ether oxygens (including phenoxy) is 1. The van der Waals surface area contributed by atoms with Gasteiger partial charge < -0.3 is 15.0 Å². The number of piperidine rings is 1. The Morgan fingerprint density at radius 3 is 3.04 bits per heavy atom. The Labute approximate surface area is 154 Å². The highest BCUT2D eigenvalue weighted by molar-refractivity contribution is 5.93. The van der Waals surface area contributed by atoms with Gasteiger partial charge in [-0.2, -0.15) is 0 Å². The van der Waals surface area contributed by atoms with Crippen molar-refractivity contribution in [1.29, 1.82) is 0 Å². The third-order valence-electron chi connectivity index (χ3n) is 4.68. The highest BCUT2D eigenvalue weighted by atomic mass is 16.5. The molecule has 1 atom stereocenters. The molecule has 1 aromatic carbocycles. The largest absolute Gasteiger partial charge is 0.497 e. The van der Waals surface area contributed by atoms with Gasteiger partial charge in [0.25, 0.3) is 5.91 Å². The summed E-state index contributed by atoms with van der Waals surface area (Å²) in [5, 5.41) is 3.27. The first kappa shape index (κ1) is 18.2. The summed E-state index contributed by atoms with van der Waals surface area (Å²) in [5.41, 5.74) is 1.64. The van der Waals surface area contributed by atoms with Crippen molar-refractivity contribution in [2.45, 2.75) is 26.2 Å². The van der Waals surface area contributed by atoms with Crippen molar-refractivity contribution in [2.24, 2.45) is 5.92 Å². The van der Waals surface area contributed by atoms with Gasteiger partial charge in [0.2, 0.25) is 0 Å². The second-order valence-electron chi connectivity index (χ2n) is 6.82. The zero-order valence-electron chi connectivity index (χ0n) is 15.4. The number of hydrogen-bond acceptors (Lipinski definition) is 5. The number of anilines is 1. The summed E-state index contributed by atoms with van der Waals surface area (Å²) < 4.78 is 5.24. The Morgan fingerprint density at radius 2 is 2.23 bits per heavy atom. The van der Waals surface area contributed by atoms with E-state index in [1.54, 1.807) is 13.2 Å². The summed E-state index contributed by atoms with van der Waals surface area (Å²) in [6.45, 7) is 4.52. The molecule has 0 radical (unpaired) electrons. The molecule has 0 aliphatic carbocycles. The minimum Gasteiger partial charge on any atom is -0.497 e. The van der Waals surface area contributed by atoms with E-state index in [0.717, 1.165) is 38.2 Å². The van der Waals surface area contributed by atoms with Crippen molar-refractivity contribution in [3.63, 3.8) is 0 Å². The second kappa shape index (κ2) is 8.65. The normalized spacial score (nSPS) is 17.0. The van der Waals surface area contributed by atoms with Crippen LogP contribution in [0.1, 0.15) is 35.8 Å². The van der Waals surface area contributed by atoms with Crippen LogP contribution in [0.2, 0.25) is 0 Å². The van der Waals surface area contributed by atoms with Crippen molar-refractivity contribution in [1.82, 2.24) is 14.9 Å². The fraction of sp³-hybridized carbons (Fsp3) is 0.450. The van der Waals surface area contributed by atoms with E-state index in [1.807, 2.05) is 23.1 Å². The maximum absolute atomic E-state index is 12.7. The van der Waals surface area contributed by atoms with Gasteiger partial charge in [0, 0.05) is 25.7 Å². The highest BCUT2D eigenvalue weighted by Crippen LogP contribution is 2.18. The van der Waals surface area contributed by atoms with Gasteiger partial charge in [-0.1, -0.05) is 19.1 Å². The number of hydrogen-bond donors (Lipinski definition) is 1. The lowest BCUT2D eigenvalue weighted by atomic mass is 10.00. The molecular formula is C20H26N4O2. The van der Waals surface area contributed by atoms with Gasteiger partial charge >= 0.3 is 0 Å². The summed E-state index contributed by atoms with van der Waals surface area (Å²) in [7, 11) is 1.67. The number of benzene rings is 1. The number of carbonyl (C=O) groups is 1. The number of carbonyl (C=O) groups excluding carboxylic acids is 1. The van der Waals surface area contributed by atoms with Crippen molar-refractivity contribution in [2.75, 3.05) is 32.1 Å². The smallest absolute Gasteiger partial charge is 0.272 e. The Bertz CT molecular complexity index is 750. The van der Waals surface area contributed by atoms with Crippen LogP contribution in [-0.4, -0.2) is 47.5 Å². The van der Waals surface area contributed by atoms with E-state index in [0.29, 0.717) is 17.4 Å². The van der Waals surface area contributed by atoms with E-state index in [-0.39, 0.29) is 5.91 Å². The van der Waals surface area contributed by atoms with Gasteiger partial charge in [-0.3, -0.25) is 4.79 Å². The maximum Gasteiger partial charge on any atom is 0.272 e. The molecule has 1 N–H and O–H groups in total. The van der Waals surface area contributed by atoms with Crippen LogP contribution in [0.15, 0.2) is 36.7 Å². The number of likely N-dealkylation sites (tertiary alicyclic amines) is 1. The molecule has 1 aliphatic rings. The van der Waals surface area contributed by atoms with Gasteiger partial charge in [0.15, 0.2) is 0 Å². The molecule has 26 heavy (non-hydrogen) atoms. The van der Waals surface area contributed by atoms with E-state index < -0.39 is 0 Å².